The molecule has 2 heterocycles. The van der Waals surface area contributed by atoms with Crippen LogP contribution in [0.3, 0.4) is 0 Å². The van der Waals surface area contributed by atoms with Gasteiger partial charge in [0.2, 0.25) is 0 Å². The van der Waals surface area contributed by atoms with Gasteiger partial charge in [0.25, 0.3) is 0 Å². The van der Waals surface area contributed by atoms with Gasteiger partial charge in [-0.3, -0.25) is 0 Å². The summed E-state index contributed by atoms with van der Waals surface area (Å²) in [7, 11) is 0. The van der Waals surface area contributed by atoms with Gasteiger partial charge >= 0.3 is 187 Å². The average molecular weight is 800 g/mol. The molecule has 1 aliphatic carbocycles. The number of carbonyl (C=O) groups is 1. The Balaban J connectivity index is 1.47. The zero-order chi connectivity index (χ0) is 33.3. The predicted octanol–water partition coefficient (Wildman–Crippen LogP) is 6.30. The fraction of sp³-hybridized carbons (Fsp3) is 0.345. The monoisotopic (exact) mass is 799 g/mol. The summed E-state index contributed by atoms with van der Waals surface area (Å²) in [5, 5.41) is 1.86. The summed E-state index contributed by atoms with van der Waals surface area (Å²) in [6.07, 6.45) is -13.4. The second kappa shape index (κ2) is 11.7. The van der Waals surface area contributed by atoms with E-state index in [9.17, 15) is 48.7 Å². The first kappa shape index (κ1) is 33.9. The number of hydrogen-bond acceptors (Lipinski definition) is 1. The minimum atomic E-state index is -6.64. The molecule has 3 aromatic rings. The molecule has 1 amide bonds. The molecule has 0 saturated heterocycles. The van der Waals surface area contributed by atoms with E-state index in [1.807, 2.05) is 0 Å². The zero-order valence-electron chi connectivity index (χ0n) is 22.6. The van der Waals surface area contributed by atoms with Crippen LogP contribution in [-0.4, -0.2) is 37.2 Å². The number of hydrogen-bond donors (Lipinski definition) is 1. The van der Waals surface area contributed by atoms with E-state index in [0.717, 1.165) is 23.1 Å². The standard InChI is InChI=1S/C29H20Cl2F10IN2O/c1-13-6-22(42-11-13)18-10-23(18)43-25(45)17-9-16(2-3-20(17)30)44-5-4-14(12-44)24-19(27(33,34)35)7-15(8-21(24)31)26(32,28(36,37)38)29(39,40)41/h2-9,12,18,22-23H,10-11H2,1H3,(H,43,45)/q-1. The number of carbonyl (C=O) groups excluding carboxylic acids is 1. The Bertz CT molecular complexity index is 1660. The van der Waals surface area contributed by atoms with E-state index in [4.69, 9.17) is 23.2 Å². The molecular formula is C29H20Cl2F10IN2O-. The van der Waals surface area contributed by atoms with Crippen molar-refractivity contribution in [2.45, 2.75) is 47.5 Å². The molecule has 1 aromatic heterocycles. The number of nitrogens with zero attached hydrogens (tertiary/aromatic N) is 1. The molecular weight excluding hydrogens is 780 g/mol. The summed E-state index contributed by atoms with van der Waals surface area (Å²) in [4.78, 5) is 13.1. The van der Waals surface area contributed by atoms with Crippen LogP contribution in [0.2, 0.25) is 10.0 Å². The van der Waals surface area contributed by atoms with Crippen molar-refractivity contribution in [2.24, 2.45) is 5.92 Å². The maximum atomic E-state index is 14.7. The first-order valence-electron chi connectivity index (χ1n) is 13.0. The summed E-state index contributed by atoms with van der Waals surface area (Å²) >= 11 is 12.1. The number of aromatic nitrogens is 1. The number of halogens is 13. The molecule has 3 nitrogen and oxygen atoms in total. The predicted molar refractivity (Wildman–Crippen MR) is 143 cm³/mol. The van der Waals surface area contributed by atoms with Gasteiger partial charge in [0.1, 0.15) is 0 Å². The number of nitrogens with one attached hydrogen (secondary N) is 1. The van der Waals surface area contributed by atoms with Crippen molar-refractivity contribution in [3.63, 3.8) is 0 Å². The van der Waals surface area contributed by atoms with Crippen LogP contribution in [0.25, 0.3) is 16.8 Å². The molecule has 244 valence electrons. The third-order valence-electron chi connectivity index (χ3n) is 7.52. The van der Waals surface area contributed by atoms with E-state index in [1.54, 1.807) is 0 Å². The topological polar surface area (TPSA) is 34.0 Å². The molecule has 1 saturated carbocycles. The summed E-state index contributed by atoms with van der Waals surface area (Å²) in [6, 6.07) is 4.61. The molecule has 0 spiro atoms. The summed E-state index contributed by atoms with van der Waals surface area (Å²) < 4.78 is 139. The molecule has 0 radical (unpaired) electrons. The Morgan fingerprint density at radius 3 is 2.18 bits per heavy atom. The fourth-order valence-electron chi connectivity index (χ4n) is 5.15. The summed E-state index contributed by atoms with van der Waals surface area (Å²) in [5.41, 5.74) is -10.1. The third kappa shape index (κ3) is 6.42. The van der Waals surface area contributed by atoms with Crippen molar-refractivity contribution in [2.75, 3.05) is 4.43 Å². The van der Waals surface area contributed by atoms with Gasteiger partial charge in [-0.05, 0) is 12.1 Å². The Morgan fingerprint density at radius 2 is 1.60 bits per heavy atom. The van der Waals surface area contributed by atoms with Crippen LogP contribution in [0, 0.1) is 5.92 Å². The molecule has 1 fully saturated rings. The Morgan fingerprint density at radius 1 is 0.933 bits per heavy atom. The van der Waals surface area contributed by atoms with Crippen molar-refractivity contribution in [3.05, 3.63) is 87.2 Å². The molecule has 2 aromatic carbocycles. The second-order valence-corrected chi connectivity index (χ2v) is 14.6. The molecule has 0 bridgehead atoms. The van der Waals surface area contributed by atoms with E-state index in [2.05, 4.69) is 18.3 Å². The molecule has 16 heteroatoms. The molecule has 1 aliphatic heterocycles. The number of allylic oxidation sites excluding steroid dienone is 2. The van der Waals surface area contributed by atoms with Crippen molar-refractivity contribution in [1.82, 2.24) is 9.88 Å². The van der Waals surface area contributed by atoms with Crippen LogP contribution < -0.4 is 26.5 Å². The third-order valence-corrected chi connectivity index (χ3v) is 12.1. The molecule has 1 N–H and O–H groups in total. The number of alkyl halides is 12. The number of amides is 1. The minimum absolute atomic E-state index is 0.0128. The quantitative estimate of drug-likeness (QED) is 0.135. The van der Waals surface area contributed by atoms with E-state index >= 15 is 0 Å². The van der Waals surface area contributed by atoms with Crippen molar-refractivity contribution >= 4 is 29.1 Å². The second-order valence-electron chi connectivity index (χ2n) is 10.7. The number of benzene rings is 2. The van der Waals surface area contributed by atoms with E-state index in [1.165, 1.54) is 34.5 Å². The van der Waals surface area contributed by atoms with Crippen molar-refractivity contribution < 1.29 is 69.9 Å². The van der Waals surface area contributed by atoms with Crippen LogP contribution in [0.5, 0.6) is 0 Å². The van der Waals surface area contributed by atoms with E-state index in [0.29, 0.717) is 9.84 Å². The Labute approximate surface area is 269 Å². The van der Waals surface area contributed by atoms with Crippen LogP contribution >= 0.6 is 23.2 Å². The Hall–Kier alpha value is -2.46. The van der Waals surface area contributed by atoms with Gasteiger partial charge in [-0.2, -0.15) is 39.5 Å². The molecule has 3 unspecified atom stereocenters. The molecule has 5 rings (SSSR count). The molecule has 45 heavy (non-hydrogen) atoms. The van der Waals surface area contributed by atoms with Gasteiger partial charge in [-0.25, -0.2) is 4.39 Å². The normalized spacial score (nSPS) is 20.9. The van der Waals surface area contributed by atoms with Crippen molar-refractivity contribution in [1.29, 1.82) is 0 Å². The van der Waals surface area contributed by atoms with E-state index in [-0.39, 0.29) is 55.2 Å². The van der Waals surface area contributed by atoms with Gasteiger partial charge in [0, 0.05) is 10.6 Å². The fourth-order valence-corrected chi connectivity index (χ4v) is 9.46. The van der Waals surface area contributed by atoms with Crippen LogP contribution in [0.4, 0.5) is 43.9 Å². The zero-order valence-corrected chi connectivity index (χ0v) is 26.3. The van der Waals surface area contributed by atoms with Crippen LogP contribution in [-0.2, 0) is 11.8 Å². The summed E-state index contributed by atoms with van der Waals surface area (Å²) in [6.45, 7) is 2.08. The molecule has 2 aliphatic rings. The van der Waals surface area contributed by atoms with Crippen LogP contribution in [0.1, 0.15) is 34.8 Å². The average Bonchev–Trinajstić information content (AvgIpc) is 3.28. The van der Waals surface area contributed by atoms with Gasteiger partial charge in [-0.1, -0.05) is 11.6 Å². The summed E-state index contributed by atoms with van der Waals surface area (Å²) in [5.74, 6) is -0.109. The maximum absolute atomic E-state index is 14.7. The SMILES string of the molecule is CC1=CC(C2CC2NC(=O)c2cc(-n3ccc(-c4c(Cl)cc(C(F)(C(F)(F)F)C(F)(F)F)cc4C(F)(F)F)c3)ccc2Cl)[I-]C1. The first-order valence-corrected chi connectivity index (χ1v) is 16.5. The van der Waals surface area contributed by atoms with Gasteiger partial charge in [0.15, 0.2) is 0 Å². The Kier molecular flexibility index (Phi) is 8.78. The van der Waals surface area contributed by atoms with Gasteiger partial charge in [0.05, 0.1) is 5.56 Å². The van der Waals surface area contributed by atoms with Crippen LogP contribution in [0.15, 0.2) is 60.4 Å². The molecule has 3 atom stereocenters. The van der Waals surface area contributed by atoms with Gasteiger partial charge in [-0.15, -0.1) is 0 Å². The van der Waals surface area contributed by atoms with Crippen molar-refractivity contribution in [3.8, 4) is 16.8 Å². The van der Waals surface area contributed by atoms with E-state index < -0.39 is 57.9 Å². The number of rotatable bonds is 6. The first-order chi connectivity index (χ1) is 20.7. The van der Waals surface area contributed by atoms with Gasteiger partial charge < -0.3 is 0 Å².